The maximum Gasteiger partial charge on any atom is 0.412 e. The van der Waals surface area contributed by atoms with Crippen LogP contribution >= 0.6 is 0 Å². The van der Waals surface area contributed by atoms with Crippen LogP contribution < -0.4 is 21.6 Å². The van der Waals surface area contributed by atoms with Gasteiger partial charge in [-0.25, -0.2) is 9.59 Å². The Bertz CT molecular complexity index is 1510. The molecule has 41 heavy (non-hydrogen) atoms. The molecule has 0 bridgehead atoms. The van der Waals surface area contributed by atoms with Gasteiger partial charge in [-0.3, -0.25) is 34.2 Å². The van der Waals surface area contributed by atoms with Gasteiger partial charge in [-0.1, -0.05) is 12.5 Å². The molecule has 0 radical (unpaired) electrons. The molecular weight excluding hydrogens is 526 g/mol. The fourth-order valence-electron chi connectivity index (χ4n) is 4.86. The molecule has 0 aliphatic carbocycles. The van der Waals surface area contributed by atoms with Gasteiger partial charge in [0.25, 0.3) is 5.91 Å². The summed E-state index contributed by atoms with van der Waals surface area (Å²) >= 11 is 0. The van der Waals surface area contributed by atoms with Gasteiger partial charge in [-0.15, -0.1) is 0 Å². The summed E-state index contributed by atoms with van der Waals surface area (Å²) in [7, 11) is 1.69. The Labute approximate surface area is 238 Å². The molecule has 3 aromatic rings. The lowest BCUT2D eigenvalue weighted by Crippen LogP contribution is -2.44. The van der Waals surface area contributed by atoms with E-state index < -0.39 is 23.6 Å². The second kappa shape index (κ2) is 12.4. The van der Waals surface area contributed by atoms with Crippen LogP contribution in [0.1, 0.15) is 74.8 Å². The standard InChI is InChI=1S/C30H37N5O6/c1-30(2,3)41-28(39)32-21-12-10-20(11-13-21)26(37)31-17-7-5-6-8-19-9-14-22-24(18-19)34(4)29(40)35(22)23-15-16-25(36)33-27(23)38/h9-14,18,23H,5-8,15-17H2,1-4H3,(H,31,37)(H,32,39)(H,33,36,38). The van der Waals surface area contributed by atoms with Gasteiger partial charge < -0.3 is 10.1 Å². The van der Waals surface area contributed by atoms with E-state index in [-0.39, 0.29) is 23.9 Å². The number of aryl methyl sites for hydroxylation is 2. The van der Waals surface area contributed by atoms with E-state index in [2.05, 4.69) is 16.0 Å². The van der Waals surface area contributed by atoms with Crippen molar-refractivity contribution in [2.75, 3.05) is 11.9 Å². The monoisotopic (exact) mass is 563 g/mol. The summed E-state index contributed by atoms with van der Waals surface area (Å²) in [5.74, 6) is -0.940. The fraction of sp³-hybridized carbons (Fsp3) is 0.433. The Hall–Kier alpha value is -4.41. The number of piperidine rings is 1. The number of carbonyl (C=O) groups excluding carboxylic acids is 4. The molecule has 1 aromatic heterocycles. The number of anilines is 1. The molecule has 1 fully saturated rings. The topological polar surface area (TPSA) is 141 Å². The second-order valence-corrected chi connectivity index (χ2v) is 11.3. The van der Waals surface area contributed by atoms with E-state index in [1.807, 2.05) is 18.2 Å². The zero-order chi connectivity index (χ0) is 29.7. The summed E-state index contributed by atoms with van der Waals surface area (Å²) in [5, 5.41) is 7.89. The van der Waals surface area contributed by atoms with Crippen molar-refractivity contribution in [3.8, 4) is 0 Å². The number of nitrogens with one attached hydrogen (secondary N) is 3. The smallest absolute Gasteiger partial charge is 0.412 e. The molecule has 4 rings (SSSR count). The van der Waals surface area contributed by atoms with Gasteiger partial charge in [0.1, 0.15) is 11.6 Å². The van der Waals surface area contributed by atoms with Crippen LogP contribution in [0.5, 0.6) is 0 Å². The Morgan fingerprint density at radius 1 is 1.00 bits per heavy atom. The van der Waals surface area contributed by atoms with Gasteiger partial charge in [-0.05, 0) is 88.4 Å². The molecule has 218 valence electrons. The fourth-order valence-corrected chi connectivity index (χ4v) is 4.86. The van der Waals surface area contributed by atoms with E-state index in [0.29, 0.717) is 29.7 Å². The Balaban J connectivity index is 1.23. The van der Waals surface area contributed by atoms with Gasteiger partial charge >= 0.3 is 11.8 Å². The lowest BCUT2D eigenvalue weighted by atomic mass is 10.0. The Kier molecular flexibility index (Phi) is 8.95. The van der Waals surface area contributed by atoms with Crippen molar-refractivity contribution in [2.24, 2.45) is 7.05 Å². The van der Waals surface area contributed by atoms with Crippen molar-refractivity contribution in [3.63, 3.8) is 0 Å². The normalized spacial score (nSPS) is 15.5. The van der Waals surface area contributed by atoms with Crippen molar-refractivity contribution in [3.05, 3.63) is 64.1 Å². The number of nitrogens with zero attached hydrogens (tertiary/aromatic N) is 2. The predicted octanol–water partition coefficient (Wildman–Crippen LogP) is 3.81. The van der Waals surface area contributed by atoms with Crippen molar-refractivity contribution in [1.29, 1.82) is 0 Å². The summed E-state index contributed by atoms with van der Waals surface area (Å²) in [4.78, 5) is 61.2. The molecule has 11 nitrogen and oxygen atoms in total. The minimum Gasteiger partial charge on any atom is -0.444 e. The third kappa shape index (κ3) is 7.41. The largest absolute Gasteiger partial charge is 0.444 e. The number of amides is 4. The number of fused-ring (bicyclic) bond motifs is 1. The first-order chi connectivity index (χ1) is 19.4. The molecule has 3 N–H and O–H groups in total. The Morgan fingerprint density at radius 3 is 2.41 bits per heavy atom. The van der Waals surface area contributed by atoms with Crippen LogP contribution in [0.25, 0.3) is 11.0 Å². The molecule has 1 aliphatic heterocycles. The number of rotatable bonds is 9. The summed E-state index contributed by atoms with van der Waals surface area (Å²) in [6.07, 6.45) is 3.41. The predicted molar refractivity (Wildman–Crippen MR) is 155 cm³/mol. The first kappa shape index (κ1) is 29.6. The summed E-state index contributed by atoms with van der Waals surface area (Å²) in [6.45, 7) is 5.90. The van der Waals surface area contributed by atoms with Crippen molar-refractivity contribution >= 4 is 40.5 Å². The molecule has 11 heteroatoms. The highest BCUT2D eigenvalue weighted by molar-refractivity contribution is 6.00. The van der Waals surface area contributed by atoms with Crippen LogP contribution in [0.15, 0.2) is 47.3 Å². The maximum atomic E-state index is 12.9. The number of unbranched alkanes of at least 4 members (excludes halogenated alkanes) is 2. The quantitative estimate of drug-likeness (QED) is 0.267. The third-order valence-corrected chi connectivity index (χ3v) is 6.90. The maximum absolute atomic E-state index is 12.9. The number of hydrogen-bond acceptors (Lipinski definition) is 6. The van der Waals surface area contributed by atoms with Gasteiger partial charge in [0.2, 0.25) is 11.8 Å². The highest BCUT2D eigenvalue weighted by Crippen LogP contribution is 2.24. The molecule has 0 saturated carbocycles. The lowest BCUT2D eigenvalue weighted by Gasteiger charge is -2.21. The number of hydrogen-bond donors (Lipinski definition) is 3. The number of benzene rings is 2. The zero-order valence-electron chi connectivity index (χ0n) is 23.9. The van der Waals surface area contributed by atoms with Gasteiger partial charge in [0, 0.05) is 31.3 Å². The van der Waals surface area contributed by atoms with Gasteiger partial charge in [-0.2, -0.15) is 0 Å². The van der Waals surface area contributed by atoms with Crippen molar-refractivity contribution < 1.29 is 23.9 Å². The molecule has 1 aliphatic rings. The number of aromatic nitrogens is 2. The SMILES string of the molecule is Cn1c(=O)n(C2CCC(=O)NC2=O)c2ccc(CCCCCNC(=O)c3ccc(NC(=O)OC(C)(C)C)cc3)cc21. The van der Waals surface area contributed by atoms with Gasteiger partial charge in [0.15, 0.2) is 0 Å². The van der Waals surface area contributed by atoms with Crippen molar-refractivity contribution in [1.82, 2.24) is 19.8 Å². The Morgan fingerprint density at radius 2 is 1.73 bits per heavy atom. The van der Waals surface area contributed by atoms with E-state index in [4.69, 9.17) is 4.74 Å². The van der Waals surface area contributed by atoms with Crippen LogP contribution in [-0.2, 0) is 27.8 Å². The van der Waals surface area contributed by atoms with Crippen LogP contribution in [0, 0.1) is 0 Å². The average Bonchev–Trinajstić information content (AvgIpc) is 3.14. The van der Waals surface area contributed by atoms with Crippen LogP contribution in [0.2, 0.25) is 0 Å². The number of carbonyl (C=O) groups is 4. The molecular formula is C30H37N5O6. The van der Waals surface area contributed by atoms with Crippen LogP contribution in [0.3, 0.4) is 0 Å². The molecule has 2 heterocycles. The average molecular weight is 564 g/mol. The number of imidazole rings is 1. The van der Waals surface area contributed by atoms with Crippen LogP contribution in [0.4, 0.5) is 10.5 Å². The molecule has 2 aromatic carbocycles. The minimum atomic E-state index is -0.697. The van der Waals surface area contributed by atoms with E-state index in [0.717, 1.165) is 36.8 Å². The number of ether oxygens (including phenoxy) is 1. The summed E-state index contributed by atoms with van der Waals surface area (Å²) in [5.41, 5.74) is 2.67. The number of imide groups is 1. The lowest BCUT2D eigenvalue weighted by molar-refractivity contribution is -0.135. The first-order valence-corrected chi connectivity index (χ1v) is 13.8. The third-order valence-electron chi connectivity index (χ3n) is 6.90. The first-order valence-electron chi connectivity index (χ1n) is 13.8. The van der Waals surface area contributed by atoms with E-state index in [9.17, 15) is 24.0 Å². The highest BCUT2D eigenvalue weighted by atomic mass is 16.6. The molecule has 1 atom stereocenters. The molecule has 0 spiro atoms. The van der Waals surface area contributed by atoms with Gasteiger partial charge in [0.05, 0.1) is 11.0 Å². The summed E-state index contributed by atoms with van der Waals surface area (Å²) in [6, 6.07) is 11.7. The molecule has 1 unspecified atom stereocenters. The van der Waals surface area contributed by atoms with Crippen molar-refractivity contribution in [2.45, 2.75) is 70.9 Å². The highest BCUT2D eigenvalue weighted by Gasteiger charge is 2.31. The minimum absolute atomic E-state index is 0.180. The van der Waals surface area contributed by atoms with E-state index in [1.54, 1.807) is 52.1 Å². The second-order valence-electron chi connectivity index (χ2n) is 11.3. The van der Waals surface area contributed by atoms with E-state index in [1.165, 1.54) is 9.13 Å². The van der Waals surface area contributed by atoms with Crippen LogP contribution in [-0.4, -0.2) is 45.1 Å². The van der Waals surface area contributed by atoms with E-state index >= 15 is 0 Å². The zero-order valence-corrected chi connectivity index (χ0v) is 23.9. The molecule has 4 amide bonds. The molecule has 1 saturated heterocycles. The summed E-state index contributed by atoms with van der Waals surface area (Å²) < 4.78 is 8.25.